The number of carboxylic acids is 1. The van der Waals surface area contributed by atoms with Crippen LogP contribution in [0.15, 0.2) is 36.0 Å². The minimum Gasteiger partial charge on any atom is -0.478 e. The Hall–Kier alpha value is -2.10. The number of allylic oxidation sites excluding steroid dienone is 1. The van der Waals surface area contributed by atoms with Crippen LogP contribution in [0.1, 0.15) is 56.8 Å². The molecular formula is C19H25NO3. The quantitative estimate of drug-likeness (QED) is 0.786. The predicted octanol–water partition coefficient (Wildman–Crippen LogP) is 4.49. The fourth-order valence-electron chi connectivity index (χ4n) is 2.92. The molecule has 1 fully saturated rings. The van der Waals surface area contributed by atoms with E-state index in [1.807, 2.05) is 0 Å². The molecule has 0 aliphatic heterocycles. The van der Waals surface area contributed by atoms with Crippen molar-refractivity contribution in [1.82, 2.24) is 0 Å². The number of anilines is 1. The summed E-state index contributed by atoms with van der Waals surface area (Å²) in [6.07, 6.45) is 5.27. The Morgan fingerprint density at radius 2 is 2.00 bits per heavy atom. The SMILES string of the molecule is CCC(C)(C)[C@@H]1CCC(=O)/C(=C/Nc2ccc(C(=O)O)cc2)C1. The van der Waals surface area contributed by atoms with Crippen LogP contribution in [0.4, 0.5) is 5.69 Å². The van der Waals surface area contributed by atoms with E-state index in [9.17, 15) is 9.59 Å². The van der Waals surface area contributed by atoms with Gasteiger partial charge in [0.25, 0.3) is 0 Å². The maximum absolute atomic E-state index is 12.1. The van der Waals surface area contributed by atoms with E-state index in [1.54, 1.807) is 30.5 Å². The lowest BCUT2D eigenvalue weighted by atomic mass is 9.68. The Balaban J connectivity index is 2.08. The van der Waals surface area contributed by atoms with Gasteiger partial charge in [0.2, 0.25) is 0 Å². The lowest BCUT2D eigenvalue weighted by Gasteiger charge is -2.36. The van der Waals surface area contributed by atoms with Gasteiger partial charge in [-0.1, -0.05) is 27.2 Å². The molecule has 1 aliphatic rings. The van der Waals surface area contributed by atoms with Crippen molar-refractivity contribution in [3.05, 3.63) is 41.6 Å². The van der Waals surface area contributed by atoms with Crippen molar-refractivity contribution in [3.63, 3.8) is 0 Å². The number of Topliss-reactive ketones (excluding diaryl/α,β-unsaturated/α-hetero) is 1. The average Bonchev–Trinajstić information content (AvgIpc) is 2.54. The van der Waals surface area contributed by atoms with Gasteiger partial charge in [-0.15, -0.1) is 0 Å². The molecule has 2 rings (SSSR count). The molecule has 0 radical (unpaired) electrons. The number of hydrogen-bond acceptors (Lipinski definition) is 3. The fourth-order valence-corrected chi connectivity index (χ4v) is 2.92. The topological polar surface area (TPSA) is 66.4 Å². The number of ketones is 1. The summed E-state index contributed by atoms with van der Waals surface area (Å²) in [6.45, 7) is 6.73. The van der Waals surface area contributed by atoms with Crippen LogP contribution < -0.4 is 5.32 Å². The first-order chi connectivity index (χ1) is 10.8. The number of rotatable bonds is 5. The predicted molar refractivity (Wildman–Crippen MR) is 91.5 cm³/mol. The maximum atomic E-state index is 12.1. The smallest absolute Gasteiger partial charge is 0.335 e. The van der Waals surface area contributed by atoms with Gasteiger partial charge in [-0.2, -0.15) is 0 Å². The lowest BCUT2D eigenvalue weighted by Crippen LogP contribution is -2.29. The van der Waals surface area contributed by atoms with Crippen molar-refractivity contribution >= 4 is 17.4 Å². The van der Waals surface area contributed by atoms with Gasteiger partial charge in [-0.3, -0.25) is 4.79 Å². The first kappa shape index (κ1) is 17.3. The molecule has 1 aromatic carbocycles. The van der Waals surface area contributed by atoms with Crippen molar-refractivity contribution in [3.8, 4) is 0 Å². The molecule has 2 N–H and O–H groups in total. The van der Waals surface area contributed by atoms with Crippen LogP contribution in [0, 0.1) is 11.3 Å². The molecular weight excluding hydrogens is 290 g/mol. The largest absolute Gasteiger partial charge is 0.478 e. The van der Waals surface area contributed by atoms with Crippen LogP contribution in [0.5, 0.6) is 0 Å². The summed E-state index contributed by atoms with van der Waals surface area (Å²) in [5.74, 6) is -0.211. The highest BCUT2D eigenvalue weighted by atomic mass is 16.4. The molecule has 0 aromatic heterocycles. The van der Waals surface area contributed by atoms with Gasteiger partial charge in [0, 0.05) is 23.9 Å². The average molecular weight is 315 g/mol. The molecule has 1 aromatic rings. The van der Waals surface area contributed by atoms with Crippen LogP contribution in [0.2, 0.25) is 0 Å². The van der Waals surface area contributed by atoms with Crippen molar-refractivity contribution in [1.29, 1.82) is 0 Å². The monoisotopic (exact) mass is 315 g/mol. The van der Waals surface area contributed by atoms with Crippen LogP contribution >= 0.6 is 0 Å². The highest BCUT2D eigenvalue weighted by Gasteiger charge is 2.33. The van der Waals surface area contributed by atoms with Gasteiger partial charge < -0.3 is 10.4 Å². The normalized spacial score (nSPS) is 20.6. The van der Waals surface area contributed by atoms with Crippen molar-refractivity contribution in [2.75, 3.05) is 5.32 Å². The van der Waals surface area contributed by atoms with E-state index in [1.165, 1.54) is 0 Å². The summed E-state index contributed by atoms with van der Waals surface area (Å²) in [5, 5.41) is 12.0. The second kappa shape index (κ2) is 6.99. The van der Waals surface area contributed by atoms with E-state index in [0.717, 1.165) is 30.5 Å². The molecule has 0 saturated heterocycles. The first-order valence-electron chi connectivity index (χ1n) is 8.15. The summed E-state index contributed by atoms with van der Waals surface area (Å²) in [4.78, 5) is 23.0. The molecule has 124 valence electrons. The number of carbonyl (C=O) groups excluding carboxylic acids is 1. The molecule has 4 nitrogen and oxygen atoms in total. The number of carbonyl (C=O) groups is 2. The Morgan fingerprint density at radius 1 is 1.35 bits per heavy atom. The van der Waals surface area contributed by atoms with E-state index >= 15 is 0 Å². The number of carboxylic acid groups (broad SMARTS) is 1. The summed E-state index contributed by atoms with van der Waals surface area (Å²) in [5.41, 5.74) is 2.11. The zero-order chi connectivity index (χ0) is 17.0. The van der Waals surface area contributed by atoms with E-state index < -0.39 is 5.97 Å². The van der Waals surface area contributed by atoms with E-state index in [4.69, 9.17) is 5.11 Å². The third kappa shape index (κ3) is 4.21. The third-order valence-corrected chi connectivity index (χ3v) is 5.11. The number of hydrogen-bond donors (Lipinski definition) is 2. The Kier molecular flexibility index (Phi) is 5.24. The fraction of sp³-hybridized carbons (Fsp3) is 0.474. The van der Waals surface area contributed by atoms with Crippen LogP contribution in [-0.2, 0) is 4.79 Å². The maximum Gasteiger partial charge on any atom is 0.335 e. The van der Waals surface area contributed by atoms with Crippen molar-refractivity contribution in [2.45, 2.75) is 46.5 Å². The molecule has 1 saturated carbocycles. The molecule has 0 amide bonds. The molecule has 0 spiro atoms. The Bertz CT molecular complexity index is 614. The Labute approximate surface area is 137 Å². The van der Waals surface area contributed by atoms with E-state index in [0.29, 0.717) is 12.3 Å². The van der Waals surface area contributed by atoms with E-state index in [-0.39, 0.29) is 16.8 Å². The molecule has 23 heavy (non-hydrogen) atoms. The van der Waals surface area contributed by atoms with Gasteiger partial charge in [-0.25, -0.2) is 4.79 Å². The van der Waals surface area contributed by atoms with Gasteiger partial charge >= 0.3 is 5.97 Å². The summed E-state index contributed by atoms with van der Waals surface area (Å²) < 4.78 is 0. The summed E-state index contributed by atoms with van der Waals surface area (Å²) in [6, 6.07) is 6.52. The molecule has 1 atom stereocenters. The van der Waals surface area contributed by atoms with Crippen LogP contribution in [-0.4, -0.2) is 16.9 Å². The molecule has 1 aliphatic carbocycles. The highest BCUT2D eigenvalue weighted by molar-refractivity contribution is 5.96. The zero-order valence-corrected chi connectivity index (χ0v) is 14.1. The standard InChI is InChI=1S/C19H25NO3/c1-4-19(2,3)15-7-10-17(21)14(11-15)12-20-16-8-5-13(6-9-16)18(22)23/h5-6,8-9,12,15,20H,4,7,10-11H2,1-3H3,(H,22,23)/b14-12+/t15-/m1/s1. The van der Waals surface area contributed by atoms with Gasteiger partial charge in [-0.05, 0) is 48.4 Å². The second-order valence-electron chi connectivity index (χ2n) is 6.90. The first-order valence-corrected chi connectivity index (χ1v) is 8.15. The second-order valence-corrected chi connectivity index (χ2v) is 6.90. The molecule has 0 bridgehead atoms. The van der Waals surface area contributed by atoms with Crippen LogP contribution in [0.3, 0.4) is 0 Å². The summed E-state index contributed by atoms with van der Waals surface area (Å²) >= 11 is 0. The molecule has 0 unspecified atom stereocenters. The number of benzene rings is 1. The van der Waals surface area contributed by atoms with E-state index in [2.05, 4.69) is 26.1 Å². The minimum atomic E-state index is -0.943. The third-order valence-electron chi connectivity index (χ3n) is 5.11. The van der Waals surface area contributed by atoms with Crippen molar-refractivity contribution in [2.24, 2.45) is 11.3 Å². The summed E-state index contributed by atoms with van der Waals surface area (Å²) in [7, 11) is 0. The van der Waals surface area contributed by atoms with Crippen LogP contribution in [0.25, 0.3) is 0 Å². The van der Waals surface area contributed by atoms with Crippen molar-refractivity contribution < 1.29 is 14.7 Å². The molecule has 4 heteroatoms. The van der Waals surface area contributed by atoms with Gasteiger partial charge in [0.05, 0.1) is 5.56 Å². The number of aromatic carboxylic acids is 1. The van der Waals surface area contributed by atoms with Gasteiger partial charge in [0.15, 0.2) is 5.78 Å². The minimum absolute atomic E-state index is 0.211. The van der Waals surface area contributed by atoms with Gasteiger partial charge in [0.1, 0.15) is 0 Å². The lowest BCUT2D eigenvalue weighted by molar-refractivity contribution is -0.117. The Morgan fingerprint density at radius 3 is 2.57 bits per heavy atom. The number of nitrogens with one attached hydrogen (secondary N) is 1. The molecule has 0 heterocycles. The highest BCUT2D eigenvalue weighted by Crippen LogP contribution is 2.41. The zero-order valence-electron chi connectivity index (χ0n) is 14.1.